The minimum atomic E-state index is 0.568. The summed E-state index contributed by atoms with van der Waals surface area (Å²) in [6, 6.07) is 7.18. The minimum Gasteiger partial charge on any atom is -0.369 e. The number of benzene rings is 1. The number of nitrogens with zero attached hydrogens (tertiary/aromatic N) is 1. The highest BCUT2D eigenvalue weighted by Gasteiger charge is 2.26. The van der Waals surface area contributed by atoms with Crippen molar-refractivity contribution in [2.75, 3.05) is 11.4 Å². The van der Waals surface area contributed by atoms with Gasteiger partial charge in [-0.2, -0.15) is 0 Å². The van der Waals surface area contributed by atoms with Crippen molar-refractivity contribution in [3.05, 3.63) is 29.3 Å². The van der Waals surface area contributed by atoms with Crippen LogP contribution >= 0.6 is 0 Å². The molecular weight excluding hydrogens is 208 g/mol. The molecule has 0 heterocycles. The van der Waals surface area contributed by atoms with Gasteiger partial charge in [-0.1, -0.05) is 12.1 Å². The van der Waals surface area contributed by atoms with Crippen molar-refractivity contribution in [2.45, 2.75) is 46.2 Å². The maximum Gasteiger partial charge on any atom is 0.0398 e. The van der Waals surface area contributed by atoms with Gasteiger partial charge < -0.3 is 10.6 Å². The standard InChI is InChI=1S/C15H24N2/c1-11(2)17(10-13-4-5-13)15-7-6-14(9-16)8-12(15)3/h6-8,11,13H,4-5,9-10,16H2,1-3H3. The lowest BCUT2D eigenvalue weighted by atomic mass is 10.1. The Morgan fingerprint density at radius 3 is 2.53 bits per heavy atom. The molecule has 2 N–H and O–H groups in total. The van der Waals surface area contributed by atoms with Crippen molar-refractivity contribution in [1.29, 1.82) is 0 Å². The van der Waals surface area contributed by atoms with Crippen LogP contribution in [0.4, 0.5) is 5.69 Å². The third-order valence-corrected chi connectivity index (χ3v) is 3.58. The fourth-order valence-corrected chi connectivity index (χ4v) is 2.33. The number of rotatable bonds is 5. The average molecular weight is 232 g/mol. The summed E-state index contributed by atoms with van der Waals surface area (Å²) in [6.45, 7) is 8.58. The molecule has 0 spiro atoms. The first-order valence-electron chi connectivity index (χ1n) is 6.68. The topological polar surface area (TPSA) is 29.3 Å². The van der Waals surface area contributed by atoms with Crippen molar-refractivity contribution in [2.24, 2.45) is 11.7 Å². The molecule has 0 atom stereocenters. The van der Waals surface area contributed by atoms with Gasteiger partial charge in [0.15, 0.2) is 0 Å². The normalized spacial score (nSPS) is 15.4. The van der Waals surface area contributed by atoms with E-state index in [9.17, 15) is 0 Å². The molecule has 0 aliphatic heterocycles. The maximum absolute atomic E-state index is 5.68. The molecule has 1 aromatic carbocycles. The highest BCUT2D eigenvalue weighted by molar-refractivity contribution is 5.55. The third-order valence-electron chi connectivity index (χ3n) is 3.58. The second-order valence-corrected chi connectivity index (χ2v) is 5.51. The Kier molecular flexibility index (Phi) is 3.72. The van der Waals surface area contributed by atoms with Crippen LogP contribution in [-0.4, -0.2) is 12.6 Å². The maximum atomic E-state index is 5.68. The average Bonchev–Trinajstić information content (AvgIpc) is 3.10. The van der Waals surface area contributed by atoms with Crippen molar-refractivity contribution in [3.8, 4) is 0 Å². The van der Waals surface area contributed by atoms with Crippen LogP contribution in [0, 0.1) is 12.8 Å². The van der Waals surface area contributed by atoms with E-state index in [1.807, 2.05) is 0 Å². The van der Waals surface area contributed by atoms with Crippen LogP contribution in [0.5, 0.6) is 0 Å². The summed E-state index contributed by atoms with van der Waals surface area (Å²) in [6.07, 6.45) is 2.81. The van der Waals surface area contributed by atoms with E-state index in [0.29, 0.717) is 12.6 Å². The molecule has 2 nitrogen and oxygen atoms in total. The van der Waals surface area contributed by atoms with Crippen molar-refractivity contribution >= 4 is 5.69 Å². The van der Waals surface area contributed by atoms with E-state index in [0.717, 1.165) is 5.92 Å². The van der Waals surface area contributed by atoms with Gasteiger partial charge in [-0.05, 0) is 56.7 Å². The van der Waals surface area contributed by atoms with Gasteiger partial charge in [0, 0.05) is 24.8 Å². The van der Waals surface area contributed by atoms with Gasteiger partial charge in [-0.25, -0.2) is 0 Å². The highest BCUT2D eigenvalue weighted by atomic mass is 15.2. The second-order valence-electron chi connectivity index (χ2n) is 5.51. The van der Waals surface area contributed by atoms with Crippen LogP contribution in [0.2, 0.25) is 0 Å². The third kappa shape index (κ3) is 3.01. The van der Waals surface area contributed by atoms with Crippen molar-refractivity contribution in [3.63, 3.8) is 0 Å². The molecule has 0 radical (unpaired) electrons. The largest absolute Gasteiger partial charge is 0.369 e. The summed E-state index contributed by atoms with van der Waals surface area (Å²) >= 11 is 0. The van der Waals surface area contributed by atoms with E-state index in [1.54, 1.807) is 0 Å². The van der Waals surface area contributed by atoms with Crippen LogP contribution in [0.25, 0.3) is 0 Å². The van der Waals surface area contributed by atoms with Crippen LogP contribution in [0.3, 0.4) is 0 Å². The SMILES string of the molecule is Cc1cc(CN)ccc1N(CC1CC1)C(C)C. The number of hydrogen-bond donors (Lipinski definition) is 1. The fraction of sp³-hybridized carbons (Fsp3) is 0.600. The zero-order chi connectivity index (χ0) is 12.4. The van der Waals surface area contributed by atoms with Crippen LogP contribution in [0.15, 0.2) is 18.2 Å². The van der Waals surface area contributed by atoms with Gasteiger partial charge in [0.2, 0.25) is 0 Å². The Morgan fingerprint density at radius 1 is 1.35 bits per heavy atom. The van der Waals surface area contributed by atoms with Crippen LogP contribution in [-0.2, 0) is 6.54 Å². The molecule has 2 heteroatoms. The van der Waals surface area contributed by atoms with E-state index in [1.165, 1.54) is 36.2 Å². The summed E-state index contributed by atoms with van der Waals surface area (Å²) < 4.78 is 0. The number of nitrogens with two attached hydrogens (primary N) is 1. The summed E-state index contributed by atoms with van der Waals surface area (Å²) in [5.41, 5.74) is 9.63. The van der Waals surface area contributed by atoms with E-state index in [4.69, 9.17) is 5.73 Å². The lowest BCUT2D eigenvalue weighted by molar-refractivity contribution is 0.643. The van der Waals surface area contributed by atoms with Crippen LogP contribution < -0.4 is 10.6 Å². The van der Waals surface area contributed by atoms with Gasteiger partial charge in [-0.3, -0.25) is 0 Å². The van der Waals surface area contributed by atoms with Gasteiger partial charge in [0.1, 0.15) is 0 Å². The highest BCUT2D eigenvalue weighted by Crippen LogP contribution is 2.33. The molecule has 1 aromatic rings. The molecule has 0 amide bonds. The predicted molar refractivity (Wildman–Crippen MR) is 74.3 cm³/mol. The fourth-order valence-electron chi connectivity index (χ4n) is 2.33. The Balaban J connectivity index is 2.21. The molecule has 0 unspecified atom stereocenters. The van der Waals surface area contributed by atoms with Gasteiger partial charge in [0.25, 0.3) is 0 Å². The first-order valence-corrected chi connectivity index (χ1v) is 6.68. The van der Waals surface area contributed by atoms with Crippen LogP contribution in [0.1, 0.15) is 37.8 Å². The second kappa shape index (κ2) is 5.09. The van der Waals surface area contributed by atoms with E-state index in [2.05, 4.69) is 43.9 Å². The summed E-state index contributed by atoms with van der Waals surface area (Å²) in [7, 11) is 0. The number of aryl methyl sites for hydroxylation is 1. The first kappa shape index (κ1) is 12.4. The summed E-state index contributed by atoms with van der Waals surface area (Å²) in [5, 5.41) is 0. The Hall–Kier alpha value is -1.02. The summed E-state index contributed by atoms with van der Waals surface area (Å²) in [4.78, 5) is 2.54. The summed E-state index contributed by atoms with van der Waals surface area (Å²) in [5.74, 6) is 0.922. The molecule has 1 aliphatic carbocycles. The Labute approximate surface area is 105 Å². The smallest absolute Gasteiger partial charge is 0.0398 e. The Morgan fingerprint density at radius 2 is 2.06 bits per heavy atom. The van der Waals surface area contributed by atoms with Gasteiger partial charge in [0.05, 0.1) is 0 Å². The zero-order valence-corrected chi connectivity index (χ0v) is 11.2. The molecule has 94 valence electrons. The van der Waals surface area contributed by atoms with E-state index >= 15 is 0 Å². The number of hydrogen-bond acceptors (Lipinski definition) is 2. The first-order chi connectivity index (χ1) is 8.11. The Bertz CT molecular complexity index is 381. The molecule has 0 bridgehead atoms. The molecule has 2 rings (SSSR count). The quantitative estimate of drug-likeness (QED) is 0.845. The molecule has 0 saturated heterocycles. The van der Waals surface area contributed by atoms with E-state index in [-0.39, 0.29) is 0 Å². The molecule has 17 heavy (non-hydrogen) atoms. The van der Waals surface area contributed by atoms with Gasteiger partial charge >= 0.3 is 0 Å². The lowest BCUT2D eigenvalue weighted by Gasteiger charge is -2.30. The lowest BCUT2D eigenvalue weighted by Crippen LogP contribution is -2.33. The molecule has 1 saturated carbocycles. The number of anilines is 1. The zero-order valence-electron chi connectivity index (χ0n) is 11.2. The monoisotopic (exact) mass is 232 g/mol. The van der Waals surface area contributed by atoms with Gasteiger partial charge in [-0.15, -0.1) is 0 Å². The molecule has 0 aromatic heterocycles. The molecule has 1 fully saturated rings. The van der Waals surface area contributed by atoms with Crippen molar-refractivity contribution in [1.82, 2.24) is 0 Å². The van der Waals surface area contributed by atoms with Crippen molar-refractivity contribution < 1.29 is 0 Å². The van der Waals surface area contributed by atoms with E-state index < -0.39 is 0 Å². The molecular formula is C15H24N2. The predicted octanol–water partition coefficient (Wildman–Crippen LogP) is 3.08. The molecule has 1 aliphatic rings. The minimum absolute atomic E-state index is 0.568.